The molecular formula is C13H17FN2O. The van der Waals surface area contributed by atoms with Crippen molar-refractivity contribution in [3.63, 3.8) is 0 Å². The number of nitrogens with two attached hydrogens (primary N) is 1. The highest BCUT2D eigenvalue weighted by Gasteiger charge is 2.41. The Hall–Kier alpha value is -1.42. The number of carbonyl (C=O) groups is 1. The fourth-order valence-electron chi connectivity index (χ4n) is 2.57. The van der Waals surface area contributed by atoms with Gasteiger partial charge in [-0.3, -0.25) is 4.79 Å². The van der Waals surface area contributed by atoms with Crippen LogP contribution in [0.2, 0.25) is 0 Å². The van der Waals surface area contributed by atoms with Gasteiger partial charge in [0.15, 0.2) is 0 Å². The number of amides is 1. The highest BCUT2D eigenvalue weighted by atomic mass is 19.1. The zero-order valence-corrected chi connectivity index (χ0v) is 9.87. The molecule has 1 aliphatic heterocycles. The molecule has 1 amide bonds. The standard InChI is InChI=1S/C13H17FN2O/c1-13(8-16-7-11(13)12(15)17)6-9-2-4-10(14)5-3-9/h2-5,11,16H,6-8H2,1H3,(H2,15,17). The summed E-state index contributed by atoms with van der Waals surface area (Å²) >= 11 is 0. The minimum Gasteiger partial charge on any atom is -0.369 e. The fourth-order valence-corrected chi connectivity index (χ4v) is 2.57. The molecule has 3 nitrogen and oxygen atoms in total. The van der Waals surface area contributed by atoms with Crippen molar-refractivity contribution in [3.05, 3.63) is 35.6 Å². The molecule has 2 atom stereocenters. The van der Waals surface area contributed by atoms with Gasteiger partial charge in [-0.05, 0) is 29.5 Å². The van der Waals surface area contributed by atoms with Crippen LogP contribution in [0.25, 0.3) is 0 Å². The van der Waals surface area contributed by atoms with Gasteiger partial charge in [0.05, 0.1) is 5.92 Å². The Balaban J connectivity index is 2.16. The van der Waals surface area contributed by atoms with Gasteiger partial charge in [-0.15, -0.1) is 0 Å². The van der Waals surface area contributed by atoms with Crippen LogP contribution in [0.4, 0.5) is 4.39 Å². The van der Waals surface area contributed by atoms with Crippen LogP contribution < -0.4 is 11.1 Å². The summed E-state index contributed by atoms with van der Waals surface area (Å²) in [6, 6.07) is 6.41. The van der Waals surface area contributed by atoms with E-state index in [-0.39, 0.29) is 23.1 Å². The first-order valence-electron chi connectivity index (χ1n) is 5.76. The van der Waals surface area contributed by atoms with Crippen molar-refractivity contribution in [3.8, 4) is 0 Å². The summed E-state index contributed by atoms with van der Waals surface area (Å²) in [6.07, 6.45) is 0.730. The summed E-state index contributed by atoms with van der Waals surface area (Å²) < 4.78 is 12.8. The molecule has 2 rings (SSSR count). The maximum Gasteiger partial charge on any atom is 0.222 e. The van der Waals surface area contributed by atoms with E-state index >= 15 is 0 Å². The lowest BCUT2D eigenvalue weighted by molar-refractivity contribution is -0.123. The normalized spacial score (nSPS) is 28.2. The van der Waals surface area contributed by atoms with E-state index in [0.29, 0.717) is 6.54 Å². The monoisotopic (exact) mass is 236 g/mol. The van der Waals surface area contributed by atoms with Gasteiger partial charge in [0.2, 0.25) is 5.91 Å². The highest BCUT2D eigenvalue weighted by molar-refractivity contribution is 5.78. The SMILES string of the molecule is CC1(Cc2ccc(F)cc2)CNCC1C(N)=O. The number of hydrogen-bond donors (Lipinski definition) is 2. The number of carbonyl (C=O) groups excluding carboxylic acids is 1. The van der Waals surface area contributed by atoms with E-state index in [0.717, 1.165) is 18.5 Å². The second kappa shape index (κ2) is 4.45. The van der Waals surface area contributed by atoms with Gasteiger partial charge < -0.3 is 11.1 Å². The van der Waals surface area contributed by atoms with Gasteiger partial charge >= 0.3 is 0 Å². The van der Waals surface area contributed by atoms with Crippen molar-refractivity contribution in [2.75, 3.05) is 13.1 Å². The van der Waals surface area contributed by atoms with Gasteiger partial charge in [0, 0.05) is 13.1 Å². The molecule has 17 heavy (non-hydrogen) atoms. The predicted octanol–water partition coefficient (Wildman–Crippen LogP) is 1.08. The average Bonchev–Trinajstić information content (AvgIpc) is 2.64. The lowest BCUT2D eigenvalue weighted by Crippen LogP contribution is -2.38. The summed E-state index contributed by atoms with van der Waals surface area (Å²) in [6.45, 7) is 3.44. The molecule has 0 spiro atoms. The van der Waals surface area contributed by atoms with E-state index in [4.69, 9.17) is 5.73 Å². The maximum atomic E-state index is 12.8. The van der Waals surface area contributed by atoms with Crippen LogP contribution in [-0.2, 0) is 11.2 Å². The Labute approximate surface area is 100 Å². The number of primary amides is 1. The van der Waals surface area contributed by atoms with Crippen LogP contribution in [0.1, 0.15) is 12.5 Å². The quantitative estimate of drug-likeness (QED) is 0.825. The second-order valence-electron chi connectivity index (χ2n) is 5.04. The molecule has 0 radical (unpaired) electrons. The Bertz CT molecular complexity index is 418. The molecule has 92 valence electrons. The van der Waals surface area contributed by atoms with Crippen molar-refractivity contribution in [1.29, 1.82) is 0 Å². The first kappa shape index (κ1) is 12.0. The first-order chi connectivity index (χ1) is 8.01. The molecule has 0 aliphatic carbocycles. The smallest absolute Gasteiger partial charge is 0.222 e. The molecule has 2 unspecified atom stereocenters. The van der Waals surface area contributed by atoms with Crippen LogP contribution >= 0.6 is 0 Å². The van der Waals surface area contributed by atoms with E-state index in [1.807, 2.05) is 6.92 Å². The molecule has 1 heterocycles. The lowest BCUT2D eigenvalue weighted by atomic mass is 9.75. The van der Waals surface area contributed by atoms with Gasteiger partial charge in [-0.2, -0.15) is 0 Å². The van der Waals surface area contributed by atoms with Crippen molar-refractivity contribution in [2.24, 2.45) is 17.1 Å². The van der Waals surface area contributed by atoms with Crippen molar-refractivity contribution in [1.82, 2.24) is 5.32 Å². The Morgan fingerprint density at radius 1 is 1.53 bits per heavy atom. The van der Waals surface area contributed by atoms with Crippen molar-refractivity contribution in [2.45, 2.75) is 13.3 Å². The molecule has 0 aromatic heterocycles. The second-order valence-corrected chi connectivity index (χ2v) is 5.04. The van der Waals surface area contributed by atoms with Crippen LogP contribution in [0.15, 0.2) is 24.3 Å². The average molecular weight is 236 g/mol. The van der Waals surface area contributed by atoms with Gasteiger partial charge in [-0.1, -0.05) is 19.1 Å². The topological polar surface area (TPSA) is 55.1 Å². The molecule has 1 saturated heterocycles. The zero-order valence-electron chi connectivity index (χ0n) is 9.87. The van der Waals surface area contributed by atoms with Crippen molar-refractivity contribution >= 4 is 5.91 Å². The summed E-state index contributed by atoms with van der Waals surface area (Å²) in [5.74, 6) is -0.665. The third kappa shape index (κ3) is 2.47. The summed E-state index contributed by atoms with van der Waals surface area (Å²) in [5.41, 5.74) is 6.27. The molecule has 1 fully saturated rings. The summed E-state index contributed by atoms with van der Waals surface area (Å²) in [5, 5.41) is 3.20. The van der Waals surface area contributed by atoms with E-state index in [2.05, 4.69) is 5.32 Å². The van der Waals surface area contributed by atoms with Crippen LogP contribution in [0.5, 0.6) is 0 Å². The first-order valence-corrected chi connectivity index (χ1v) is 5.76. The maximum absolute atomic E-state index is 12.8. The van der Waals surface area contributed by atoms with Gasteiger partial charge in [0.25, 0.3) is 0 Å². The molecule has 1 aromatic carbocycles. The molecular weight excluding hydrogens is 219 g/mol. The van der Waals surface area contributed by atoms with E-state index < -0.39 is 0 Å². The van der Waals surface area contributed by atoms with Gasteiger partial charge in [0.1, 0.15) is 5.82 Å². The lowest BCUT2D eigenvalue weighted by Gasteiger charge is -2.28. The minimum atomic E-state index is -0.264. The summed E-state index contributed by atoms with van der Waals surface area (Å²) in [4.78, 5) is 11.4. The van der Waals surface area contributed by atoms with Crippen LogP contribution in [0, 0.1) is 17.2 Å². The number of benzene rings is 1. The molecule has 3 N–H and O–H groups in total. The van der Waals surface area contributed by atoms with E-state index in [1.165, 1.54) is 12.1 Å². The Morgan fingerprint density at radius 3 is 2.76 bits per heavy atom. The minimum absolute atomic E-state index is 0.160. The molecule has 4 heteroatoms. The highest BCUT2D eigenvalue weighted by Crippen LogP contribution is 2.34. The predicted molar refractivity (Wildman–Crippen MR) is 63.8 cm³/mol. The molecule has 1 aromatic rings. The Morgan fingerprint density at radius 2 is 2.18 bits per heavy atom. The molecule has 0 saturated carbocycles. The number of nitrogens with one attached hydrogen (secondary N) is 1. The molecule has 1 aliphatic rings. The Kier molecular flexibility index (Phi) is 3.15. The third-order valence-corrected chi connectivity index (χ3v) is 3.58. The number of rotatable bonds is 3. The van der Waals surface area contributed by atoms with Crippen LogP contribution in [0.3, 0.4) is 0 Å². The largest absolute Gasteiger partial charge is 0.369 e. The van der Waals surface area contributed by atoms with Crippen molar-refractivity contribution < 1.29 is 9.18 Å². The van der Waals surface area contributed by atoms with E-state index in [9.17, 15) is 9.18 Å². The van der Waals surface area contributed by atoms with Crippen LogP contribution in [-0.4, -0.2) is 19.0 Å². The number of hydrogen-bond acceptors (Lipinski definition) is 2. The fraction of sp³-hybridized carbons (Fsp3) is 0.462. The zero-order chi connectivity index (χ0) is 12.5. The van der Waals surface area contributed by atoms with Gasteiger partial charge in [-0.25, -0.2) is 4.39 Å². The third-order valence-electron chi connectivity index (χ3n) is 3.58. The number of halogens is 1. The van der Waals surface area contributed by atoms with E-state index in [1.54, 1.807) is 12.1 Å². The molecule has 0 bridgehead atoms. The summed E-state index contributed by atoms with van der Waals surface area (Å²) in [7, 11) is 0.